The van der Waals surface area contributed by atoms with Gasteiger partial charge in [0.1, 0.15) is 10.7 Å². The van der Waals surface area contributed by atoms with E-state index in [0.717, 1.165) is 5.69 Å². The van der Waals surface area contributed by atoms with Crippen molar-refractivity contribution < 1.29 is 8.42 Å². The number of nitrogens with zero attached hydrogens (tertiary/aromatic N) is 2. The first-order valence-electron chi connectivity index (χ1n) is 5.37. The summed E-state index contributed by atoms with van der Waals surface area (Å²) in [5.74, 6) is 0.0954. The molecule has 0 aliphatic rings. The summed E-state index contributed by atoms with van der Waals surface area (Å²) in [4.78, 5) is 10.4. The molecule has 0 aliphatic carbocycles. The van der Waals surface area contributed by atoms with Crippen molar-refractivity contribution in [1.29, 1.82) is 0 Å². The summed E-state index contributed by atoms with van der Waals surface area (Å²) in [6.07, 6.45) is 4.85. The Labute approximate surface area is 115 Å². The van der Waals surface area contributed by atoms with Crippen LogP contribution in [0.2, 0.25) is 5.02 Å². The molecule has 2 heterocycles. The van der Waals surface area contributed by atoms with Crippen LogP contribution < -0.4 is 10.5 Å². The van der Waals surface area contributed by atoms with Gasteiger partial charge in [-0.3, -0.25) is 0 Å². The van der Waals surface area contributed by atoms with Crippen LogP contribution in [0.4, 0.5) is 5.82 Å². The molecule has 0 fully saturated rings. The molecule has 0 spiro atoms. The van der Waals surface area contributed by atoms with Gasteiger partial charge >= 0.3 is 0 Å². The van der Waals surface area contributed by atoms with Crippen LogP contribution in [0.5, 0.6) is 0 Å². The Morgan fingerprint density at radius 3 is 2.84 bits per heavy atom. The van der Waals surface area contributed by atoms with Gasteiger partial charge in [-0.05, 0) is 6.07 Å². The largest absolute Gasteiger partial charge is 0.382 e. The number of sulfonamides is 1. The van der Waals surface area contributed by atoms with Gasteiger partial charge in [-0.2, -0.15) is 0 Å². The highest BCUT2D eigenvalue weighted by molar-refractivity contribution is 7.89. The molecule has 4 N–H and O–H groups in total. The van der Waals surface area contributed by atoms with Gasteiger partial charge in [0.25, 0.3) is 0 Å². The average molecular weight is 302 g/mol. The Morgan fingerprint density at radius 1 is 1.42 bits per heavy atom. The third kappa shape index (κ3) is 3.43. The Kier molecular flexibility index (Phi) is 4.03. The number of pyridine rings is 1. The van der Waals surface area contributed by atoms with E-state index in [4.69, 9.17) is 17.3 Å². The van der Waals surface area contributed by atoms with Crippen molar-refractivity contribution in [3.05, 3.63) is 35.5 Å². The van der Waals surface area contributed by atoms with E-state index in [-0.39, 0.29) is 22.3 Å². The van der Waals surface area contributed by atoms with E-state index in [1.54, 1.807) is 6.20 Å². The minimum atomic E-state index is -3.64. The maximum absolute atomic E-state index is 11.9. The lowest BCUT2D eigenvalue weighted by molar-refractivity contribution is 0.581. The van der Waals surface area contributed by atoms with Crippen LogP contribution in [-0.4, -0.2) is 29.9 Å². The molecule has 0 aromatic carbocycles. The summed E-state index contributed by atoms with van der Waals surface area (Å²) in [5, 5.41) is 0.108. The van der Waals surface area contributed by atoms with E-state index in [2.05, 4.69) is 19.7 Å². The molecular formula is C10H12ClN5O2S. The third-order valence-corrected chi connectivity index (χ3v) is 4.13. The molecule has 0 atom stereocenters. The van der Waals surface area contributed by atoms with Crippen LogP contribution in [-0.2, 0) is 16.4 Å². The molecule has 0 saturated heterocycles. The molecule has 2 aromatic rings. The molecule has 0 saturated carbocycles. The maximum Gasteiger partial charge on any atom is 0.242 e. The first kappa shape index (κ1) is 13.8. The molecule has 0 aliphatic heterocycles. The normalized spacial score (nSPS) is 11.6. The summed E-state index contributed by atoms with van der Waals surface area (Å²) in [5.41, 5.74) is 6.27. The summed E-state index contributed by atoms with van der Waals surface area (Å²) in [6, 6.07) is 1.27. The van der Waals surface area contributed by atoms with Crippen LogP contribution in [0, 0.1) is 0 Å². The van der Waals surface area contributed by atoms with Gasteiger partial charge in [0, 0.05) is 31.1 Å². The molecule has 0 radical (unpaired) electrons. The quantitative estimate of drug-likeness (QED) is 0.746. The van der Waals surface area contributed by atoms with Crippen LogP contribution in [0.1, 0.15) is 5.69 Å². The predicted molar refractivity (Wildman–Crippen MR) is 71.1 cm³/mol. The van der Waals surface area contributed by atoms with E-state index in [1.807, 2.05) is 0 Å². The van der Waals surface area contributed by atoms with Crippen LogP contribution in [0.3, 0.4) is 0 Å². The minimum absolute atomic E-state index is 0.0173. The third-order valence-electron chi connectivity index (χ3n) is 2.40. The van der Waals surface area contributed by atoms with Crippen LogP contribution in [0.15, 0.2) is 29.7 Å². The molecule has 0 unspecified atom stereocenters. The smallest absolute Gasteiger partial charge is 0.242 e. The molecule has 2 rings (SSSR count). The Balaban J connectivity index is 2.03. The van der Waals surface area contributed by atoms with Crippen molar-refractivity contribution >= 4 is 27.4 Å². The zero-order valence-corrected chi connectivity index (χ0v) is 11.4. The van der Waals surface area contributed by atoms with E-state index in [1.165, 1.54) is 18.6 Å². The monoisotopic (exact) mass is 301 g/mol. The Hall–Kier alpha value is -1.64. The number of hydrogen-bond acceptors (Lipinski definition) is 5. The van der Waals surface area contributed by atoms with Gasteiger partial charge in [-0.25, -0.2) is 23.1 Å². The van der Waals surface area contributed by atoms with Crippen molar-refractivity contribution in [3.63, 3.8) is 0 Å². The van der Waals surface area contributed by atoms with Gasteiger partial charge in [0.15, 0.2) is 0 Å². The molecule has 2 aromatic heterocycles. The second kappa shape index (κ2) is 5.55. The first-order valence-corrected chi connectivity index (χ1v) is 7.23. The van der Waals surface area contributed by atoms with Gasteiger partial charge in [-0.15, -0.1) is 0 Å². The molecule has 0 bridgehead atoms. The van der Waals surface area contributed by atoms with Crippen LogP contribution in [0.25, 0.3) is 0 Å². The zero-order chi connectivity index (χ0) is 13.9. The van der Waals surface area contributed by atoms with Gasteiger partial charge in [0.05, 0.1) is 11.3 Å². The number of imidazole rings is 1. The predicted octanol–water partition coefficient (Wildman–Crippen LogP) is 0.561. The van der Waals surface area contributed by atoms with E-state index >= 15 is 0 Å². The number of aromatic amines is 1. The average Bonchev–Trinajstić information content (AvgIpc) is 2.85. The maximum atomic E-state index is 11.9. The van der Waals surface area contributed by atoms with Crippen molar-refractivity contribution in [2.75, 3.05) is 12.3 Å². The van der Waals surface area contributed by atoms with E-state index < -0.39 is 10.0 Å². The molecule has 9 heteroatoms. The van der Waals surface area contributed by atoms with Gasteiger partial charge < -0.3 is 10.7 Å². The Bertz CT molecular complexity index is 657. The molecule has 0 amide bonds. The summed E-state index contributed by atoms with van der Waals surface area (Å²) >= 11 is 5.74. The van der Waals surface area contributed by atoms with Gasteiger partial charge in [-0.1, -0.05) is 11.6 Å². The number of anilines is 1. The van der Waals surface area contributed by atoms with E-state index in [0.29, 0.717) is 6.42 Å². The highest BCUT2D eigenvalue weighted by Gasteiger charge is 2.15. The fourth-order valence-electron chi connectivity index (χ4n) is 1.40. The summed E-state index contributed by atoms with van der Waals surface area (Å²) in [7, 11) is -3.64. The zero-order valence-electron chi connectivity index (χ0n) is 9.80. The lowest BCUT2D eigenvalue weighted by Crippen LogP contribution is -2.26. The number of nitrogen functional groups attached to an aromatic ring is 1. The van der Waals surface area contributed by atoms with E-state index in [9.17, 15) is 8.42 Å². The number of H-pyrrole nitrogens is 1. The Morgan fingerprint density at radius 2 is 2.21 bits per heavy atom. The van der Waals surface area contributed by atoms with Crippen molar-refractivity contribution in [1.82, 2.24) is 19.7 Å². The van der Waals surface area contributed by atoms with Crippen molar-refractivity contribution in [2.24, 2.45) is 0 Å². The highest BCUT2D eigenvalue weighted by atomic mass is 35.5. The number of hydrogen-bond donors (Lipinski definition) is 3. The number of nitrogens with two attached hydrogens (primary N) is 1. The first-order chi connectivity index (χ1) is 8.99. The van der Waals surface area contributed by atoms with Crippen molar-refractivity contribution in [3.8, 4) is 0 Å². The summed E-state index contributed by atoms with van der Waals surface area (Å²) in [6.45, 7) is 0.243. The number of halogens is 1. The van der Waals surface area contributed by atoms with Gasteiger partial charge in [0.2, 0.25) is 10.0 Å². The standard InChI is InChI=1S/C10H12ClN5O2S/c11-9-3-8(5-14-10(9)12)19(17,18)16-2-1-7-4-13-6-15-7/h3-6,16H,1-2H2,(H2,12,14)(H,13,15). The number of aromatic nitrogens is 3. The topological polar surface area (TPSA) is 114 Å². The molecular weight excluding hydrogens is 290 g/mol. The molecule has 102 valence electrons. The van der Waals surface area contributed by atoms with Crippen molar-refractivity contribution in [2.45, 2.75) is 11.3 Å². The second-order valence-electron chi connectivity index (χ2n) is 3.76. The summed E-state index contributed by atoms with van der Waals surface area (Å²) < 4.78 is 26.3. The molecule has 7 nitrogen and oxygen atoms in total. The fraction of sp³-hybridized carbons (Fsp3) is 0.200. The second-order valence-corrected chi connectivity index (χ2v) is 5.94. The minimum Gasteiger partial charge on any atom is -0.382 e. The number of nitrogens with one attached hydrogen (secondary N) is 2. The molecule has 19 heavy (non-hydrogen) atoms. The SMILES string of the molecule is Nc1ncc(S(=O)(=O)NCCc2cnc[nH]2)cc1Cl. The lowest BCUT2D eigenvalue weighted by atomic mass is 10.3. The fourth-order valence-corrected chi connectivity index (χ4v) is 2.64. The number of rotatable bonds is 5. The highest BCUT2D eigenvalue weighted by Crippen LogP contribution is 2.19. The van der Waals surface area contributed by atoms with Crippen LogP contribution >= 0.6 is 11.6 Å². The lowest BCUT2D eigenvalue weighted by Gasteiger charge is -2.06.